The largest absolute Gasteiger partial charge is 0.461 e. The highest BCUT2D eigenvalue weighted by atomic mass is 32.1. The Bertz CT molecular complexity index is 1400. The number of hydrogen-bond donors (Lipinski definition) is 1. The Kier molecular flexibility index (Phi) is 6.34. The van der Waals surface area contributed by atoms with Crippen molar-refractivity contribution in [3.8, 4) is 5.69 Å². The minimum atomic E-state index is -0.645. The molecular weight excluding hydrogens is 462 g/mol. The molecule has 0 radical (unpaired) electrons. The van der Waals surface area contributed by atoms with E-state index in [2.05, 4.69) is 33.8 Å². The van der Waals surface area contributed by atoms with E-state index in [1.165, 1.54) is 4.68 Å². The van der Waals surface area contributed by atoms with Crippen molar-refractivity contribution < 1.29 is 14.3 Å². The van der Waals surface area contributed by atoms with Crippen LogP contribution in [0.25, 0.3) is 16.5 Å². The van der Waals surface area contributed by atoms with Gasteiger partial charge in [0.25, 0.3) is 11.5 Å². The molecule has 1 amide bonds. The highest BCUT2D eigenvalue weighted by molar-refractivity contribution is 7.16. The molecule has 170 valence electrons. The standard InChI is InChI=1S/C22H21N5O4S2/c1-5-31-22(30)17-15-10-32-20(23-19(28)18-12(4)24-26-33-18)16(15)21(29)27(25-17)14-8-6-13(7-9-14)11(2)3/h6-11H,5H2,1-4H3,(H,23,28). The van der Waals surface area contributed by atoms with Crippen LogP contribution in [0.5, 0.6) is 0 Å². The van der Waals surface area contributed by atoms with Crippen molar-refractivity contribution in [1.29, 1.82) is 0 Å². The van der Waals surface area contributed by atoms with Crippen LogP contribution in [0.3, 0.4) is 0 Å². The molecule has 0 atom stereocenters. The summed E-state index contributed by atoms with van der Waals surface area (Å²) in [5.41, 5.74) is 1.66. The summed E-state index contributed by atoms with van der Waals surface area (Å²) in [4.78, 5) is 39.2. The van der Waals surface area contributed by atoms with Crippen LogP contribution in [0.4, 0.5) is 5.00 Å². The number of ether oxygens (including phenoxy) is 1. The molecule has 11 heteroatoms. The fourth-order valence-corrected chi connectivity index (χ4v) is 4.75. The van der Waals surface area contributed by atoms with Gasteiger partial charge in [-0.3, -0.25) is 9.59 Å². The molecule has 1 aromatic carbocycles. The lowest BCUT2D eigenvalue weighted by Gasteiger charge is -2.11. The summed E-state index contributed by atoms with van der Waals surface area (Å²) in [5.74, 6) is -0.745. The van der Waals surface area contributed by atoms with Gasteiger partial charge in [-0.1, -0.05) is 30.5 Å². The lowest BCUT2D eigenvalue weighted by atomic mass is 10.0. The fourth-order valence-electron chi connectivity index (χ4n) is 3.27. The minimum absolute atomic E-state index is 0.00627. The van der Waals surface area contributed by atoms with E-state index in [0.717, 1.165) is 28.4 Å². The predicted octanol–water partition coefficient (Wildman–Crippen LogP) is 4.16. The van der Waals surface area contributed by atoms with Gasteiger partial charge < -0.3 is 10.1 Å². The average molecular weight is 484 g/mol. The van der Waals surface area contributed by atoms with Gasteiger partial charge >= 0.3 is 5.97 Å². The van der Waals surface area contributed by atoms with E-state index in [0.29, 0.717) is 32.6 Å². The molecule has 33 heavy (non-hydrogen) atoms. The second-order valence-corrected chi connectivity index (χ2v) is 9.16. The maximum atomic E-state index is 13.5. The Morgan fingerprint density at radius 3 is 2.55 bits per heavy atom. The van der Waals surface area contributed by atoms with Gasteiger partial charge in [-0.05, 0) is 49.0 Å². The van der Waals surface area contributed by atoms with Crippen LogP contribution >= 0.6 is 22.9 Å². The molecule has 0 unspecified atom stereocenters. The first-order chi connectivity index (χ1) is 15.8. The summed E-state index contributed by atoms with van der Waals surface area (Å²) in [6.45, 7) is 7.69. The second kappa shape index (κ2) is 9.20. The van der Waals surface area contributed by atoms with Crippen LogP contribution < -0.4 is 10.9 Å². The number of anilines is 1. The molecular formula is C22H21N5O4S2. The third-order valence-corrected chi connectivity index (χ3v) is 6.73. The number of benzene rings is 1. The normalized spacial score (nSPS) is 11.2. The van der Waals surface area contributed by atoms with Crippen molar-refractivity contribution >= 4 is 50.5 Å². The Balaban J connectivity index is 1.88. The van der Waals surface area contributed by atoms with Gasteiger partial charge in [-0.15, -0.1) is 16.4 Å². The Morgan fingerprint density at radius 1 is 1.21 bits per heavy atom. The van der Waals surface area contributed by atoms with Crippen molar-refractivity contribution in [3.05, 3.63) is 61.8 Å². The van der Waals surface area contributed by atoms with Gasteiger partial charge in [-0.2, -0.15) is 9.78 Å². The number of carbonyl (C=O) groups is 2. The summed E-state index contributed by atoms with van der Waals surface area (Å²) in [7, 11) is 0. The van der Waals surface area contributed by atoms with Gasteiger partial charge in [-0.25, -0.2) is 4.79 Å². The summed E-state index contributed by atoms with van der Waals surface area (Å²) < 4.78 is 10.1. The summed E-state index contributed by atoms with van der Waals surface area (Å²) in [6.07, 6.45) is 0. The minimum Gasteiger partial charge on any atom is -0.461 e. The number of hydrogen-bond acceptors (Lipinski definition) is 9. The molecule has 1 N–H and O–H groups in total. The van der Waals surface area contributed by atoms with Crippen molar-refractivity contribution in [3.63, 3.8) is 0 Å². The molecule has 0 aliphatic carbocycles. The highest BCUT2D eigenvalue weighted by Gasteiger charge is 2.24. The molecule has 0 aliphatic rings. The number of nitrogens with zero attached hydrogens (tertiary/aromatic N) is 4. The molecule has 4 aromatic rings. The lowest BCUT2D eigenvalue weighted by molar-refractivity contribution is 0.0520. The number of nitrogens with one attached hydrogen (secondary N) is 1. The zero-order valence-corrected chi connectivity index (χ0v) is 20.0. The van der Waals surface area contributed by atoms with E-state index in [1.54, 1.807) is 31.4 Å². The van der Waals surface area contributed by atoms with Crippen LogP contribution in [0, 0.1) is 6.92 Å². The van der Waals surface area contributed by atoms with E-state index in [4.69, 9.17) is 4.74 Å². The molecule has 9 nitrogen and oxygen atoms in total. The highest BCUT2D eigenvalue weighted by Crippen LogP contribution is 2.31. The number of esters is 1. The Hall–Kier alpha value is -3.44. The first kappa shape index (κ1) is 22.7. The van der Waals surface area contributed by atoms with Crippen molar-refractivity contribution in [1.82, 2.24) is 19.4 Å². The van der Waals surface area contributed by atoms with Gasteiger partial charge in [0.1, 0.15) is 9.88 Å². The Labute approximate surface area is 197 Å². The van der Waals surface area contributed by atoms with Gasteiger partial charge in [0.2, 0.25) is 0 Å². The molecule has 0 saturated heterocycles. The Morgan fingerprint density at radius 2 is 1.94 bits per heavy atom. The summed E-state index contributed by atoms with van der Waals surface area (Å²) in [5, 5.41) is 13.4. The van der Waals surface area contributed by atoms with Crippen LogP contribution in [0.1, 0.15) is 58.1 Å². The van der Waals surface area contributed by atoms with E-state index >= 15 is 0 Å². The number of aromatic nitrogens is 4. The zero-order chi connectivity index (χ0) is 23.7. The maximum Gasteiger partial charge on any atom is 0.359 e. The SMILES string of the molecule is CCOC(=O)c1nn(-c2ccc(C(C)C)cc2)c(=O)c2c(NC(=O)c3snnc3C)scc12. The third-order valence-electron chi connectivity index (χ3n) is 5.01. The number of amides is 1. The van der Waals surface area contributed by atoms with Crippen LogP contribution in [0.15, 0.2) is 34.4 Å². The van der Waals surface area contributed by atoms with Crippen LogP contribution in [-0.4, -0.2) is 37.9 Å². The smallest absolute Gasteiger partial charge is 0.359 e. The number of fused-ring (bicyclic) bond motifs is 1. The number of aryl methyl sites for hydroxylation is 1. The van der Waals surface area contributed by atoms with Crippen LogP contribution in [-0.2, 0) is 4.74 Å². The number of carbonyl (C=O) groups excluding carboxylic acids is 2. The van der Waals surface area contributed by atoms with E-state index in [9.17, 15) is 14.4 Å². The monoisotopic (exact) mass is 483 g/mol. The van der Waals surface area contributed by atoms with Gasteiger partial charge in [0, 0.05) is 10.8 Å². The first-order valence-electron chi connectivity index (χ1n) is 10.2. The summed E-state index contributed by atoms with van der Waals surface area (Å²) in [6, 6.07) is 7.39. The molecule has 4 rings (SSSR count). The second-order valence-electron chi connectivity index (χ2n) is 7.53. The van der Waals surface area contributed by atoms with Gasteiger partial charge in [0.15, 0.2) is 5.69 Å². The van der Waals surface area contributed by atoms with Crippen LogP contribution in [0.2, 0.25) is 0 Å². The van der Waals surface area contributed by atoms with E-state index < -0.39 is 17.4 Å². The molecule has 3 aromatic heterocycles. The molecule has 0 saturated carbocycles. The number of rotatable bonds is 6. The lowest BCUT2D eigenvalue weighted by Crippen LogP contribution is -2.25. The molecule has 0 aliphatic heterocycles. The van der Waals surface area contributed by atoms with Crippen molar-refractivity contribution in [2.75, 3.05) is 11.9 Å². The zero-order valence-electron chi connectivity index (χ0n) is 18.4. The van der Waals surface area contributed by atoms with E-state index in [-0.39, 0.29) is 17.7 Å². The number of thiophene rings is 1. The average Bonchev–Trinajstić information content (AvgIpc) is 3.41. The fraction of sp³-hybridized carbons (Fsp3) is 0.273. The quantitative estimate of drug-likeness (QED) is 0.409. The molecule has 0 bridgehead atoms. The molecule has 3 heterocycles. The van der Waals surface area contributed by atoms with E-state index in [1.807, 2.05) is 12.1 Å². The predicted molar refractivity (Wildman–Crippen MR) is 128 cm³/mol. The third kappa shape index (κ3) is 4.29. The van der Waals surface area contributed by atoms with Crippen molar-refractivity contribution in [2.24, 2.45) is 0 Å². The summed E-state index contributed by atoms with van der Waals surface area (Å²) >= 11 is 2.11. The molecule has 0 fully saturated rings. The maximum absolute atomic E-state index is 13.5. The van der Waals surface area contributed by atoms with Gasteiger partial charge in [0.05, 0.1) is 23.4 Å². The van der Waals surface area contributed by atoms with Crippen molar-refractivity contribution in [2.45, 2.75) is 33.6 Å². The first-order valence-corrected chi connectivity index (χ1v) is 11.9. The topological polar surface area (TPSA) is 116 Å². The molecule has 0 spiro atoms.